The molecule has 0 bridgehead atoms. The Bertz CT molecular complexity index is 6310. The number of ketones is 1. The molecule has 7 aromatic carbocycles. The highest BCUT2D eigenvalue weighted by Gasteiger charge is 2.38. The third-order valence-electron chi connectivity index (χ3n) is 20.8. The first-order valence-corrected chi connectivity index (χ1v) is 49.4. The molecule has 0 atom stereocenters. The highest BCUT2D eigenvalue weighted by molar-refractivity contribution is 9.93. The average molecular weight is 2230 g/mol. The Morgan fingerprint density at radius 2 is 0.817 bits per heavy atom. The van der Waals surface area contributed by atoms with Crippen LogP contribution in [0.4, 0.5) is 93.3 Å². The number of H-pyrrole nitrogens is 3. The largest absolute Gasteiger partial charge is 0.466 e. The zero-order chi connectivity index (χ0) is 108. The Morgan fingerprint density at radius 1 is 0.472 bits per heavy atom. The van der Waals surface area contributed by atoms with Gasteiger partial charge in [-0.05, 0) is 126 Å². The summed E-state index contributed by atoms with van der Waals surface area (Å²) in [6.45, 7) is 41.6. The third kappa shape index (κ3) is 40.1. The van der Waals surface area contributed by atoms with Gasteiger partial charge in [0.05, 0.1) is 71.8 Å². The fraction of sp³-hybridized carbons (Fsp3) is 0.404. The Labute approximate surface area is 845 Å². The van der Waals surface area contributed by atoms with E-state index in [-0.39, 0.29) is 119 Å². The van der Waals surface area contributed by atoms with Crippen molar-refractivity contribution in [1.29, 1.82) is 0 Å². The number of carbonyl (C=O) groups excluding carboxylic acids is 4. The molecule has 48 heteroatoms. The summed E-state index contributed by atoms with van der Waals surface area (Å²) in [6.07, 6.45) is 7.23. The number of hydrogen-bond donors (Lipinski definition) is 8. The third-order valence-corrected chi connectivity index (χ3v) is 26.0. The number of hydrogen-bond acceptors (Lipinski definition) is 25. The quantitative estimate of drug-likeness (QED) is 0.00501. The number of esters is 2. The number of nitro groups is 7. The van der Waals surface area contributed by atoms with Gasteiger partial charge >= 0.3 is 51.8 Å². The summed E-state index contributed by atoms with van der Waals surface area (Å²) >= 11 is 8.45. The van der Waals surface area contributed by atoms with Gasteiger partial charge in [0.25, 0.3) is 0 Å². The maximum atomic E-state index is 13.8. The average Bonchev–Trinajstić information content (AvgIpc) is 1.64. The van der Waals surface area contributed by atoms with Crippen molar-refractivity contribution in [2.75, 3.05) is 48.9 Å². The number of Topliss-reactive ketones (excluding diaryl/α,β-unsaturated/α-hetero) is 1. The minimum Gasteiger partial charge on any atom is -0.466 e. The molecular weight excluding hydrogens is 2110 g/mol. The first kappa shape index (κ1) is 129. The molecule has 36 nitrogen and oxygen atoms in total. The molecule has 11 N–H and O–H groups in total. The van der Waals surface area contributed by atoms with Crippen LogP contribution in [0.3, 0.4) is 0 Å². The molecule has 776 valence electrons. The molecule has 10 aromatic rings. The molecule has 0 aliphatic rings. The number of aromatic nitrogens is 3. The second kappa shape index (κ2) is 55.4. The lowest BCUT2D eigenvalue weighted by Crippen LogP contribution is -2.41. The van der Waals surface area contributed by atoms with E-state index in [4.69, 9.17) is 42.6 Å². The first-order chi connectivity index (χ1) is 64.3. The summed E-state index contributed by atoms with van der Waals surface area (Å²) in [5.41, 5.74) is 14.0. The Hall–Kier alpha value is -13.1. The zero-order valence-electron chi connectivity index (χ0n) is 81.0. The molecule has 0 aliphatic heterocycles. The molecule has 0 fully saturated rings. The number of benzene rings is 7. The smallest absolute Gasteiger partial charge is 0.307 e. The van der Waals surface area contributed by atoms with Crippen LogP contribution in [-0.4, -0.2) is 113 Å². The molecule has 0 aliphatic carbocycles. The number of amides is 1. The number of rotatable bonds is 25. The van der Waals surface area contributed by atoms with E-state index in [2.05, 4.69) is 130 Å². The lowest BCUT2D eigenvalue weighted by atomic mass is 9.86. The van der Waals surface area contributed by atoms with Crippen LogP contribution in [0.1, 0.15) is 194 Å². The number of anilines is 4. The van der Waals surface area contributed by atoms with Gasteiger partial charge in [0.1, 0.15) is 5.78 Å². The lowest BCUT2D eigenvalue weighted by Gasteiger charge is -2.37. The van der Waals surface area contributed by atoms with Crippen LogP contribution in [-0.2, 0) is 49.3 Å². The molecule has 0 unspecified atom stereocenters. The van der Waals surface area contributed by atoms with E-state index < -0.39 is 140 Å². The minimum absolute atomic E-state index is 0. The second-order valence-electron chi connectivity index (χ2n) is 36.8. The number of nitrogen functional groups attached to an aromatic ring is 3. The van der Waals surface area contributed by atoms with Gasteiger partial charge in [-0.15, -0.1) is 18.8 Å². The molecule has 1 amide bonds. The van der Waals surface area contributed by atoms with Crippen LogP contribution in [0.15, 0.2) is 120 Å². The number of fused-ring (bicyclic) bond motifs is 3. The minimum atomic E-state index is -1.80. The van der Waals surface area contributed by atoms with Crippen LogP contribution in [0.25, 0.3) is 32.7 Å². The first-order valence-electron chi connectivity index (χ1n) is 42.0. The van der Waals surface area contributed by atoms with Crippen LogP contribution in [0, 0.1) is 152 Å². The Kier molecular flexibility index (Phi) is 50.3. The highest BCUT2D eigenvalue weighted by atomic mass is 80.9. The molecule has 142 heavy (non-hydrogen) atoms. The van der Waals surface area contributed by atoms with Crippen LogP contribution in [0.5, 0.6) is 0 Å². The van der Waals surface area contributed by atoms with Crippen LogP contribution in [0.2, 0.25) is 18.1 Å². The number of nitrogens with zero attached hydrogens (tertiary/aromatic N) is 7. The summed E-state index contributed by atoms with van der Waals surface area (Å²) in [4.78, 5) is 123. The number of aliphatic hydroxyl groups is 1. The maximum absolute atomic E-state index is 13.8. The molecule has 0 spiro atoms. The van der Waals surface area contributed by atoms with E-state index in [1.807, 2.05) is 47.6 Å². The molecule has 0 saturated carbocycles. The second-order valence-corrected chi connectivity index (χ2v) is 42.5. The number of nitrogens with one attached hydrogen (secondary N) is 4. The number of carbonyl (C=O) groups is 4. The molecule has 3 heterocycles. The van der Waals surface area contributed by atoms with Gasteiger partial charge < -0.3 is 56.5 Å². The van der Waals surface area contributed by atoms with E-state index >= 15 is 0 Å². The number of aliphatic hydroxyl groups excluding tert-OH is 1. The normalized spacial score (nSPS) is 11.1. The van der Waals surface area contributed by atoms with E-state index in [9.17, 15) is 121 Å². The van der Waals surface area contributed by atoms with Gasteiger partial charge in [0.15, 0.2) is 8.32 Å². The monoisotopic (exact) mass is 2230 g/mol. The molecule has 3 aromatic heterocycles. The number of aromatic amines is 3. The fourth-order valence-corrected chi connectivity index (χ4v) is 13.1. The van der Waals surface area contributed by atoms with Gasteiger partial charge in [0, 0.05) is 237 Å². The van der Waals surface area contributed by atoms with Crippen molar-refractivity contribution in [2.45, 2.75) is 205 Å². The van der Waals surface area contributed by atoms with E-state index in [1.54, 1.807) is 60.6 Å². The summed E-state index contributed by atoms with van der Waals surface area (Å²) in [5.74, 6) is 0.814. The van der Waals surface area contributed by atoms with Crippen molar-refractivity contribution in [3.8, 4) is 24.2 Å². The van der Waals surface area contributed by atoms with Crippen molar-refractivity contribution in [2.24, 2.45) is 16.2 Å². The number of ether oxygens (including phenoxy) is 2. The number of nitro benzene ring substituents is 7. The maximum Gasteiger partial charge on any atom is 0.307 e. The van der Waals surface area contributed by atoms with Gasteiger partial charge in [-0.3, -0.25) is 90.0 Å². The SMILES string of the molecule is BrBr.C.C#CC(C)(C)CC(=O)OCC.CC(=O)CC(C)(C)C#Cc1cc([N+](=O)[O-])c(F)cc1N.CC(C)(C)C(=O)Nc1ccc([N+](=O)[O-])c(F)c1.CC(C)(CCO)c1cc2cc([N+](=O)[O-])c(F)cc2[nH]1.CC(C)(CCO[Si](C)(C)C(C)(C)C)c1cc2cc([N+](=O)[O-])c(F)cc2[nH]1.CCOC(=O)CC(C)(C)c1cc2cc([N+](=O)[O-])c(F)cc2[nH]1.Cl.Nc1cc(F)c([N+](=O)[O-])cc1Br.Nc1ccc([N+](=O)[O-])c(F)c1. The summed E-state index contributed by atoms with van der Waals surface area (Å²) in [5, 5.41) is 87.2. The topological polar surface area (TPSA) is 556 Å². The van der Waals surface area contributed by atoms with Crippen molar-refractivity contribution in [3.05, 3.63) is 254 Å². The Balaban J connectivity index is 0.00000162. The predicted octanol–water partition coefficient (Wildman–Crippen LogP) is 25.4. The molecule has 0 saturated heterocycles. The summed E-state index contributed by atoms with van der Waals surface area (Å²) in [7, 11) is -1.80. The highest BCUT2D eigenvalue weighted by Crippen LogP contribution is 2.41. The van der Waals surface area contributed by atoms with E-state index in [0.717, 1.165) is 78.5 Å². The molecule has 10 rings (SSSR count). The van der Waals surface area contributed by atoms with Crippen LogP contribution < -0.4 is 22.5 Å². The lowest BCUT2D eigenvalue weighted by molar-refractivity contribution is -0.387. The zero-order valence-corrected chi connectivity index (χ0v) is 87.6. The van der Waals surface area contributed by atoms with Crippen molar-refractivity contribution in [1.82, 2.24) is 15.0 Å². The van der Waals surface area contributed by atoms with Gasteiger partial charge in [0.2, 0.25) is 46.6 Å². The van der Waals surface area contributed by atoms with E-state index in [1.165, 1.54) is 43.3 Å². The fourth-order valence-electron chi connectivity index (χ4n) is 11.7. The van der Waals surface area contributed by atoms with Crippen molar-refractivity contribution in [3.63, 3.8) is 0 Å². The predicted molar refractivity (Wildman–Crippen MR) is 547 cm³/mol. The molecular formula is C94H117Br3ClF7N14O22Si. The van der Waals surface area contributed by atoms with Gasteiger partial charge in [-0.1, -0.05) is 108 Å². The van der Waals surface area contributed by atoms with Gasteiger partial charge in [-0.2, -0.15) is 30.7 Å². The summed E-state index contributed by atoms with van der Waals surface area (Å²) < 4.78 is 109. The van der Waals surface area contributed by atoms with Crippen LogP contribution >= 0.6 is 56.6 Å². The van der Waals surface area contributed by atoms with Crippen molar-refractivity contribution >= 4 is 184 Å². The number of nitrogens with two attached hydrogens (primary N) is 3. The summed E-state index contributed by atoms with van der Waals surface area (Å²) in [6, 6.07) is 22.7. The number of halogens is 11. The molecule has 0 radical (unpaired) electrons. The van der Waals surface area contributed by atoms with E-state index in [0.29, 0.717) is 69.1 Å². The van der Waals surface area contributed by atoms with Gasteiger partial charge in [-0.25, -0.2) is 0 Å². The Morgan fingerprint density at radius 3 is 1.17 bits per heavy atom. The van der Waals surface area contributed by atoms with Crippen molar-refractivity contribution < 1.29 is 103 Å². The standard InChI is InChI=1S/C19H29FN2O3Si.C15H17FN2O4.C14H15FN2O3.C13H15FN2O3.C11H13FN2O3.C9H14O2.C6H4BrFN2O2.C6H5FN2O2.CH4.Br2.ClH/c1-18(2,3)26(6,7)25-9-8-19(4,5)17-11-13-10-16(22(23)24)14(20)12-15(13)21-17;1-4-22-14(19)8-15(2,3)13-6-9-5-12(18(20)21)10(16)7-11(9)17-13;1-9(18)8-14(2,3)5-4-10-6-13(17(19)20)11(15)7-12(10)16;1-13(2,3-4-17)12-6-8-5-11(16(18)19)9(14)7-10(8)15-12;1-11(2,3)10(15)13-7-4-5-9(14(16)17)8(12)6-7;1-5-9(3,4)7-8(10)11-6-2;7-3-1-6(10(11)12)4(8)2-5(3)9;7-5-3-4(8)1-2-6(5)9(10)11;;1-2;/h10-12,21H,8-9H2,1-7H3;5-7,17H,4,8H2,1-3H3;6-7H,8,16H2,1-3H3;5-7,15,17H,3-4H2,1-2H3;4-6H,1-3H3,(H,13,15);1H,6-7H2,2-4H3;1-2H,9H2;1-3H,8H2;1H4;;1H. The number of terminal acetylenes is 1.